The van der Waals surface area contributed by atoms with Crippen molar-refractivity contribution in [1.29, 1.82) is 0 Å². The van der Waals surface area contributed by atoms with Crippen LogP contribution in [0.5, 0.6) is 5.75 Å². The topological polar surface area (TPSA) is 9.23 Å². The molecule has 0 aliphatic heterocycles. The molecule has 0 saturated heterocycles. The lowest BCUT2D eigenvalue weighted by atomic mass is 9.78. The molecule has 2 aromatic carbocycles. The van der Waals surface area contributed by atoms with E-state index in [1.165, 1.54) is 62.5 Å². The molecule has 170 valence electrons. The molecule has 0 N–H and O–H groups in total. The zero-order chi connectivity index (χ0) is 22.4. The monoisotopic (exact) mass is 428 g/mol. The molecule has 1 fully saturated rings. The minimum Gasteiger partial charge on any atom is -0.494 e. The lowest BCUT2D eigenvalue weighted by Crippen LogP contribution is -2.11. The van der Waals surface area contributed by atoms with Crippen LogP contribution in [0.2, 0.25) is 0 Å². The highest BCUT2D eigenvalue weighted by atomic mass is 16.5. The van der Waals surface area contributed by atoms with Crippen LogP contribution in [0.15, 0.2) is 60.7 Å². The number of benzene rings is 2. The van der Waals surface area contributed by atoms with E-state index in [0.717, 1.165) is 36.7 Å². The fourth-order valence-corrected chi connectivity index (χ4v) is 4.46. The highest BCUT2D eigenvalue weighted by Crippen LogP contribution is 2.36. The minimum absolute atomic E-state index is 0.670. The molecular formula is C31H40O. The molecule has 3 rings (SSSR count). The average Bonchev–Trinajstić information content (AvgIpc) is 2.84. The molecule has 0 amide bonds. The van der Waals surface area contributed by atoms with Crippen LogP contribution >= 0.6 is 0 Å². The summed E-state index contributed by atoms with van der Waals surface area (Å²) >= 11 is 0. The summed E-state index contributed by atoms with van der Waals surface area (Å²) < 4.78 is 5.71. The van der Waals surface area contributed by atoms with Crippen molar-refractivity contribution in [2.75, 3.05) is 6.61 Å². The zero-order valence-electron chi connectivity index (χ0n) is 20.1. The first kappa shape index (κ1) is 24.2. The fourth-order valence-electron chi connectivity index (χ4n) is 4.46. The van der Waals surface area contributed by atoms with Crippen molar-refractivity contribution < 1.29 is 4.74 Å². The number of aryl methyl sites for hydroxylation is 1. The predicted octanol–water partition coefficient (Wildman–Crippen LogP) is 8.48. The van der Waals surface area contributed by atoms with Gasteiger partial charge in [0.2, 0.25) is 0 Å². The lowest BCUT2D eigenvalue weighted by Gasteiger charge is -2.27. The molecule has 0 unspecified atom stereocenters. The van der Waals surface area contributed by atoms with Crippen molar-refractivity contribution in [3.05, 3.63) is 77.4 Å². The average molecular weight is 429 g/mol. The number of unbranched alkanes of at least 4 members (excludes halogenated alkanes) is 3. The van der Waals surface area contributed by atoms with E-state index in [2.05, 4.69) is 62.1 Å². The summed E-state index contributed by atoms with van der Waals surface area (Å²) in [5.41, 5.74) is 4.07. The lowest BCUT2D eigenvalue weighted by molar-refractivity contribution is 0.309. The molecule has 0 heterocycles. The zero-order valence-corrected chi connectivity index (χ0v) is 20.1. The summed E-state index contributed by atoms with van der Waals surface area (Å²) in [6.45, 7) is 5.23. The van der Waals surface area contributed by atoms with Crippen molar-refractivity contribution in [3.8, 4) is 17.6 Å². The van der Waals surface area contributed by atoms with Crippen LogP contribution in [-0.4, -0.2) is 6.61 Å². The molecule has 1 heteroatoms. The Morgan fingerprint density at radius 2 is 1.56 bits per heavy atom. The molecule has 32 heavy (non-hydrogen) atoms. The van der Waals surface area contributed by atoms with E-state index in [4.69, 9.17) is 4.74 Å². The summed E-state index contributed by atoms with van der Waals surface area (Å²) in [7, 11) is 0. The number of hydrogen-bond donors (Lipinski definition) is 0. The van der Waals surface area contributed by atoms with E-state index in [-0.39, 0.29) is 0 Å². The summed E-state index contributed by atoms with van der Waals surface area (Å²) in [6.07, 6.45) is 16.9. The van der Waals surface area contributed by atoms with Gasteiger partial charge in [0.1, 0.15) is 5.75 Å². The van der Waals surface area contributed by atoms with E-state index in [1.807, 2.05) is 24.3 Å². The van der Waals surface area contributed by atoms with Crippen molar-refractivity contribution in [2.24, 2.45) is 5.92 Å². The second-order valence-electron chi connectivity index (χ2n) is 9.17. The SMILES string of the molecule is CCCCCc1ccc([C@H]2CC[C@H](C=CC#Cc3ccc(OCCCC)cc3)CC2)cc1. The second kappa shape index (κ2) is 13.8. The molecule has 2 aromatic rings. The Labute approximate surface area is 196 Å². The maximum atomic E-state index is 5.71. The van der Waals surface area contributed by atoms with Crippen LogP contribution in [0.4, 0.5) is 0 Å². The predicted molar refractivity (Wildman–Crippen MR) is 137 cm³/mol. The summed E-state index contributed by atoms with van der Waals surface area (Å²) in [5.74, 6) is 8.80. The molecule has 0 spiro atoms. The van der Waals surface area contributed by atoms with Gasteiger partial charge in [-0.25, -0.2) is 0 Å². The largest absolute Gasteiger partial charge is 0.494 e. The Hall–Kier alpha value is -2.46. The first-order chi connectivity index (χ1) is 15.8. The van der Waals surface area contributed by atoms with Crippen LogP contribution in [0.25, 0.3) is 0 Å². The van der Waals surface area contributed by atoms with Gasteiger partial charge in [0.25, 0.3) is 0 Å². The summed E-state index contributed by atoms with van der Waals surface area (Å²) in [6, 6.07) is 17.6. The Morgan fingerprint density at radius 1 is 0.844 bits per heavy atom. The van der Waals surface area contributed by atoms with Gasteiger partial charge in [-0.05, 0) is 98.2 Å². The maximum absolute atomic E-state index is 5.71. The van der Waals surface area contributed by atoms with E-state index in [1.54, 1.807) is 0 Å². The first-order valence-electron chi connectivity index (χ1n) is 12.8. The van der Waals surface area contributed by atoms with Crippen LogP contribution in [0, 0.1) is 17.8 Å². The molecular weight excluding hydrogens is 388 g/mol. The molecule has 0 atom stereocenters. The second-order valence-corrected chi connectivity index (χ2v) is 9.17. The highest BCUT2D eigenvalue weighted by Gasteiger charge is 2.20. The van der Waals surface area contributed by atoms with Crippen LogP contribution in [-0.2, 0) is 6.42 Å². The van der Waals surface area contributed by atoms with Gasteiger partial charge in [-0.3, -0.25) is 0 Å². The fraction of sp³-hybridized carbons (Fsp3) is 0.484. The van der Waals surface area contributed by atoms with Gasteiger partial charge < -0.3 is 4.74 Å². The third-order valence-corrected chi connectivity index (χ3v) is 6.58. The van der Waals surface area contributed by atoms with Gasteiger partial charge in [-0.2, -0.15) is 0 Å². The van der Waals surface area contributed by atoms with Gasteiger partial charge in [0, 0.05) is 5.56 Å². The van der Waals surface area contributed by atoms with Gasteiger partial charge >= 0.3 is 0 Å². The molecule has 0 bridgehead atoms. The quantitative estimate of drug-likeness (QED) is 0.272. The smallest absolute Gasteiger partial charge is 0.119 e. The molecule has 1 aliphatic carbocycles. The summed E-state index contributed by atoms with van der Waals surface area (Å²) in [4.78, 5) is 0. The van der Waals surface area contributed by atoms with Crippen molar-refractivity contribution >= 4 is 0 Å². The van der Waals surface area contributed by atoms with Gasteiger partial charge in [0.15, 0.2) is 0 Å². The van der Waals surface area contributed by atoms with Gasteiger partial charge in [0.05, 0.1) is 6.61 Å². The van der Waals surface area contributed by atoms with E-state index >= 15 is 0 Å². The summed E-state index contributed by atoms with van der Waals surface area (Å²) in [5, 5.41) is 0. The van der Waals surface area contributed by atoms with Crippen LogP contribution < -0.4 is 4.74 Å². The van der Waals surface area contributed by atoms with Crippen LogP contribution in [0.1, 0.15) is 94.2 Å². The third-order valence-electron chi connectivity index (χ3n) is 6.58. The number of allylic oxidation sites excluding steroid dienone is 2. The Kier molecular flexibility index (Phi) is 10.5. The molecule has 1 saturated carbocycles. The van der Waals surface area contributed by atoms with Crippen molar-refractivity contribution in [3.63, 3.8) is 0 Å². The van der Waals surface area contributed by atoms with Gasteiger partial charge in [-0.15, -0.1) is 0 Å². The standard InChI is InChI=1S/C31H40O/c1-3-5-7-10-26-13-19-29(20-14-26)30-21-15-27(16-22-30)11-8-9-12-28-17-23-31(24-18-28)32-25-6-4-2/h8,11,13-14,17-20,23-24,27,30H,3-7,10,15-16,21-22,25H2,1-2H3/t27-,30-. The van der Waals surface area contributed by atoms with Gasteiger partial charge in [-0.1, -0.05) is 75.3 Å². The van der Waals surface area contributed by atoms with E-state index in [9.17, 15) is 0 Å². The number of hydrogen-bond acceptors (Lipinski definition) is 1. The van der Waals surface area contributed by atoms with E-state index in [0.29, 0.717) is 5.92 Å². The highest BCUT2D eigenvalue weighted by molar-refractivity contribution is 5.40. The first-order valence-corrected chi connectivity index (χ1v) is 12.8. The number of ether oxygens (including phenoxy) is 1. The minimum atomic E-state index is 0.670. The number of rotatable bonds is 10. The van der Waals surface area contributed by atoms with E-state index < -0.39 is 0 Å². The van der Waals surface area contributed by atoms with Crippen molar-refractivity contribution in [2.45, 2.75) is 84.0 Å². The molecule has 1 nitrogen and oxygen atoms in total. The molecule has 0 radical (unpaired) electrons. The molecule has 1 aliphatic rings. The normalized spacial score (nSPS) is 18.3. The maximum Gasteiger partial charge on any atom is 0.119 e. The molecule has 0 aromatic heterocycles. The Morgan fingerprint density at radius 3 is 2.25 bits per heavy atom. The van der Waals surface area contributed by atoms with Crippen LogP contribution in [0.3, 0.4) is 0 Å². The third kappa shape index (κ3) is 8.23. The Balaban J connectivity index is 1.40. The van der Waals surface area contributed by atoms with Crippen molar-refractivity contribution in [1.82, 2.24) is 0 Å². The Bertz CT molecular complexity index is 855.